The van der Waals surface area contributed by atoms with E-state index < -0.39 is 5.97 Å². The van der Waals surface area contributed by atoms with Crippen molar-refractivity contribution in [1.82, 2.24) is 4.57 Å². The van der Waals surface area contributed by atoms with Gasteiger partial charge in [0.05, 0.1) is 12.7 Å². The number of carboxylic acid groups (broad SMARTS) is 1. The molecule has 0 radical (unpaired) electrons. The van der Waals surface area contributed by atoms with Gasteiger partial charge < -0.3 is 14.4 Å². The molecule has 2 aromatic carbocycles. The van der Waals surface area contributed by atoms with Crippen molar-refractivity contribution in [1.29, 1.82) is 0 Å². The van der Waals surface area contributed by atoms with E-state index in [4.69, 9.17) is 9.84 Å². The summed E-state index contributed by atoms with van der Waals surface area (Å²) < 4.78 is 21.1. The maximum absolute atomic E-state index is 14.3. The van der Waals surface area contributed by atoms with Crippen molar-refractivity contribution in [3.8, 4) is 16.9 Å². The van der Waals surface area contributed by atoms with E-state index in [9.17, 15) is 9.18 Å². The standard InChI is InChI=1S/C17H14FNO3/c1-19-9-14(12-6-4-11(22-2)8-15(12)18)13-5-3-10(17(20)21)7-16(13)19/h3-9H,1-2H3,(H,20,21). The molecule has 0 fully saturated rings. The number of halogens is 1. The van der Waals surface area contributed by atoms with Gasteiger partial charge in [-0.15, -0.1) is 0 Å². The fourth-order valence-corrected chi connectivity index (χ4v) is 2.57. The third kappa shape index (κ3) is 2.20. The van der Waals surface area contributed by atoms with Gasteiger partial charge >= 0.3 is 5.97 Å². The second-order valence-corrected chi connectivity index (χ2v) is 5.04. The van der Waals surface area contributed by atoms with Gasteiger partial charge in [-0.25, -0.2) is 9.18 Å². The summed E-state index contributed by atoms with van der Waals surface area (Å²) in [7, 11) is 3.29. The molecule has 0 spiro atoms. The van der Waals surface area contributed by atoms with E-state index in [2.05, 4.69) is 0 Å². The Bertz CT molecular complexity index is 883. The van der Waals surface area contributed by atoms with E-state index in [0.29, 0.717) is 11.3 Å². The van der Waals surface area contributed by atoms with Crippen LogP contribution >= 0.6 is 0 Å². The largest absolute Gasteiger partial charge is 0.497 e. The predicted octanol–water partition coefficient (Wildman–Crippen LogP) is 3.69. The molecule has 0 amide bonds. The summed E-state index contributed by atoms with van der Waals surface area (Å²) in [5.41, 5.74) is 2.12. The first-order valence-electron chi connectivity index (χ1n) is 6.67. The minimum Gasteiger partial charge on any atom is -0.497 e. The van der Waals surface area contributed by atoms with Crippen LogP contribution in [0.1, 0.15) is 10.4 Å². The zero-order valence-electron chi connectivity index (χ0n) is 12.1. The quantitative estimate of drug-likeness (QED) is 0.802. The summed E-state index contributed by atoms with van der Waals surface area (Å²) >= 11 is 0. The molecule has 1 N–H and O–H groups in total. The Kier molecular flexibility index (Phi) is 3.33. The lowest BCUT2D eigenvalue weighted by atomic mass is 10.0. The highest BCUT2D eigenvalue weighted by atomic mass is 19.1. The molecule has 3 rings (SSSR count). The van der Waals surface area contributed by atoms with Gasteiger partial charge in [-0.3, -0.25) is 0 Å². The molecule has 22 heavy (non-hydrogen) atoms. The maximum atomic E-state index is 14.3. The van der Waals surface area contributed by atoms with Crippen LogP contribution in [0.5, 0.6) is 5.75 Å². The van der Waals surface area contributed by atoms with Crippen LogP contribution in [-0.4, -0.2) is 22.8 Å². The van der Waals surface area contributed by atoms with Crippen LogP contribution in [0.25, 0.3) is 22.0 Å². The monoisotopic (exact) mass is 299 g/mol. The number of hydrogen-bond acceptors (Lipinski definition) is 2. The van der Waals surface area contributed by atoms with Gasteiger partial charge in [-0.1, -0.05) is 6.07 Å². The van der Waals surface area contributed by atoms with E-state index >= 15 is 0 Å². The first-order chi connectivity index (χ1) is 10.5. The number of aromatic carboxylic acids is 1. The Hall–Kier alpha value is -2.82. The fraction of sp³-hybridized carbons (Fsp3) is 0.118. The molecular formula is C17H14FNO3. The first-order valence-corrected chi connectivity index (χ1v) is 6.67. The number of carboxylic acids is 1. The summed E-state index contributed by atoms with van der Waals surface area (Å²) in [6.07, 6.45) is 1.79. The van der Waals surface area contributed by atoms with Gasteiger partial charge in [0.15, 0.2) is 0 Å². The number of fused-ring (bicyclic) bond motifs is 1. The normalized spacial score (nSPS) is 10.9. The summed E-state index contributed by atoms with van der Waals surface area (Å²) in [5.74, 6) is -0.913. The molecule has 112 valence electrons. The van der Waals surface area contributed by atoms with Crippen LogP contribution in [0.3, 0.4) is 0 Å². The number of rotatable bonds is 3. The van der Waals surface area contributed by atoms with E-state index in [-0.39, 0.29) is 11.4 Å². The Balaban J connectivity index is 2.22. The minimum absolute atomic E-state index is 0.204. The minimum atomic E-state index is -0.986. The molecule has 0 bridgehead atoms. The molecule has 0 unspecified atom stereocenters. The van der Waals surface area contributed by atoms with Crippen LogP contribution in [0.15, 0.2) is 42.6 Å². The highest BCUT2D eigenvalue weighted by molar-refractivity contribution is 6.00. The van der Waals surface area contributed by atoms with Crippen LogP contribution < -0.4 is 4.74 Å². The number of carbonyl (C=O) groups is 1. The van der Waals surface area contributed by atoms with Gasteiger partial charge in [-0.05, 0) is 24.3 Å². The molecule has 4 nitrogen and oxygen atoms in total. The van der Waals surface area contributed by atoms with Crippen molar-refractivity contribution in [2.45, 2.75) is 0 Å². The number of benzene rings is 2. The fourth-order valence-electron chi connectivity index (χ4n) is 2.57. The molecule has 0 aliphatic carbocycles. The molecule has 0 atom stereocenters. The van der Waals surface area contributed by atoms with E-state index in [1.54, 1.807) is 42.1 Å². The number of aromatic nitrogens is 1. The molecular weight excluding hydrogens is 285 g/mol. The lowest BCUT2D eigenvalue weighted by molar-refractivity contribution is 0.0697. The van der Waals surface area contributed by atoms with Crippen molar-refractivity contribution in [3.63, 3.8) is 0 Å². The summed E-state index contributed by atoms with van der Waals surface area (Å²) in [5, 5.41) is 9.88. The van der Waals surface area contributed by atoms with Crippen LogP contribution in [-0.2, 0) is 7.05 Å². The molecule has 0 saturated carbocycles. The molecule has 0 aliphatic rings. The summed E-state index contributed by atoms with van der Waals surface area (Å²) in [6, 6.07) is 9.51. The second-order valence-electron chi connectivity index (χ2n) is 5.04. The topological polar surface area (TPSA) is 51.5 Å². The van der Waals surface area contributed by atoms with Gasteiger partial charge in [0.25, 0.3) is 0 Å². The Morgan fingerprint density at radius 1 is 1.18 bits per heavy atom. The zero-order valence-corrected chi connectivity index (χ0v) is 12.1. The summed E-state index contributed by atoms with van der Waals surface area (Å²) in [4.78, 5) is 11.1. The number of nitrogens with zero attached hydrogens (tertiary/aromatic N) is 1. The highest BCUT2D eigenvalue weighted by Gasteiger charge is 2.14. The molecule has 3 aromatic rings. The second kappa shape index (κ2) is 5.18. The maximum Gasteiger partial charge on any atom is 0.335 e. The van der Waals surface area contributed by atoms with Crippen molar-refractivity contribution < 1.29 is 19.0 Å². The van der Waals surface area contributed by atoms with Crippen molar-refractivity contribution in [3.05, 3.63) is 54.0 Å². The number of methoxy groups -OCH3 is 1. The van der Waals surface area contributed by atoms with Gasteiger partial charge in [0.2, 0.25) is 0 Å². The molecule has 0 saturated heterocycles. The predicted molar refractivity (Wildman–Crippen MR) is 81.8 cm³/mol. The Labute approximate surface area is 126 Å². The molecule has 1 heterocycles. The van der Waals surface area contributed by atoms with Gasteiger partial charge in [-0.2, -0.15) is 0 Å². The third-order valence-corrected chi connectivity index (χ3v) is 3.70. The van der Waals surface area contributed by atoms with Crippen LogP contribution in [0, 0.1) is 5.82 Å². The molecule has 5 heteroatoms. The Morgan fingerprint density at radius 3 is 2.59 bits per heavy atom. The Morgan fingerprint density at radius 2 is 1.95 bits per heavy atom. The smallest absolute Gasteiger partial charge is 0.335 e. The first kappa shape index (κ1) is 14.1. The molecule has 1 aromatic heterocycles. The number of aryl methyl sites for hydroxylation is 1. The number of hydrogen-bond donors (Lipinski definition) is 1. The summed E-state index contributed by atoms with van der Waals surface area (Å²) in [6.45, 7) is 0. The van der Waals surface area contributed by atoms with E-state index in [0.717, 1.165) is 16.5 Å². The lowest BCUT2D eigenvalue weighted by Crippen LogP contribution is -1.96. The highest BCUT2D eigenvalue weighted by Crippen LogP contribution is 2.33. The van der Waals surface area contributed by atoms with Crippen molar-refractivity contribution in [2.75, 3.05) is 7.11 Å². The van der Waals surface area contributed by atoms with Gasteiger partial charge in [0, 0.05) is 41.3 Å². The SMILES string of the molecule is COc1ccc(-c2cn(C)c3cc(C(=O)O)ccc23)c(F)c1. The van der Waals surface area contributed by atoms with E-state index in [1.165, 1.54) is 19.2 Å². The van der Waals surface area contributed by atoms with Crippen molar-refractivity contribution >= 4 is 16.9 Å². The van der Waals surface area contributed by atoms with E-state index in [1.807, 2.05) is 0 Å². The van der Waals surface area contributed by atoms with Crippen molar-refractivity contribution in [2.24, 2.45) is 7.05 Å². The van der Waals surface area contributed by atoms with Crippen LogP contribution in [0.2, 0.25) is 0 Å². The third-order valence-electron chi connectivity index (χ3n) is 3.70. The number of ether oxygens (including phenoxy) is 1. The van der Waals surface area contributed by atoms with Gasteiger partial charge in [0.1, 0.15) is 11.6 Å². The lowest BCUT2D eigenvalue weighted by Gasteiger charge is -2.05. The zero-order chi connectivity index (χ0) is 15.9. The average molecular weight is 299 g/mol. The average Bonchev–Trinajstić information content (AvgIpc) is 2.83. The molecule has 0 aliphatic heterocycles. The van der Waals surface area contributed by atoms with Crippen LogP contribution in [0.4, 0.5) is 4.39 Å².